The zero-order valence-electron chi connectivity index (χ0n) is 24.1. The highest BCUT2D eigenvalue weighted by Gasteiger charge is 2.32. The van der Waals surface area contributed by atoms with Crippen LogP contribution in [0.5, 0.6) is 0 Å². The predicted octanol–water partition coefficient (Wildman–Crippen LogP) is 10.2. The second-order valence-corrected chi connectivity index (χ2v) is 11.6. The van der Waals surface area contributed by atoms with E-state index in [1.807, 2.05) is 0 Å². The van der Waals surface area contributed by atoms with Crippen molar-refractivity contribution in [3.05, 3.63) is 163 Å². The first-order chi connectivity index (χ1) is 21.8. The fourth-order valence-electron chi connectivity index (χ4n) is 7.03. The lowest BCUT2D eigenvalue weighted by Crippen LogP contribution is -2.17. The molecule has 0 radical (unpaired) electrons. The Balaban J connectivity index is 1.17. The van der Waals surface area contributed by atoms with Gasteiger partial charge in [-0.2, -0.15) is 0 Å². The van der Waals surface area contributed by atoms with Crippen LogP contribution in [-0.2, 0) is 0 Å². The summed E-state index contributed by atoms with van der Waals surface area (Å²) in [5.74, 6) is 0.351. The molecule has 3 nitrogen and oxygen atoms in total. The molecule has 3 heterocycles. The van der Waals surface area contributed by atoms with E-state index in [0.29, 0.717) is 5.92 Å². The number of nitrogens with zero attached hydrogens (tertiary/aromatic N) is 2. The smallest absolute Gasteiger partial charge is 0.0776 e. The van der Waals surface area contributed by atoms with Crippen LogP contribution in [0.15, 0.2) is 158 Å². The van der Waals surface area contributed by atoms with E-state index < -0.39 is 0 Å². The third kappa shape index (κ3) is 3.94. The molecular formula is C41H29N3. The first-order valence-corrected chi connectivity index (χ1v) is 15.2. The molecule has 5 aromatic carbocycles. The summed E-state index contributed by atoms with van der Waals surface area (Å²) in [7, 11) is 0. The highest BCUT2D eigenvalue weighted by atomic mass is 15.0. The normalized spacial score (nSPS) is 16.6. The van der Waals surface area contributed by atoms with E-state index in [-0.39, 0.29) is 6.04 Å². The predicted molar refractivity (Wildman–Crippen MR) is 183 cm³/mol. The summed E-state index contributed by atoms with van der Waals surface area (Å²) in [4.78, 5) is 5.17. The molecule has 1 aliphatic heterocycles. The summed E-state index contributed by atoms with van der Waals surface area (Å²) in [6, 6.07) is 47.9. The highest BCUT2D eigenvalue weighted by molar-refractivity contribution is 6.14. The van der Waals surface area contributed by atoms with Crippen LogP contribution in [-0.4, -0.2) is 15.6 Å². The van der Waals surface area contributed by atoms with E-state index in [9.17, 15) is 0 Å². The van der Waals surface area contributed by atoms with Gasteiger partial charge in [-0.15, -0.1) is 0 Å². The van der Waals surface area contributed by atoms with Gasteiger partial charge < -0.3 is 9.88 Å². The largest absolute Gasteiger partial charge is 0.376 e. The molecule has 2 unspecified atom stereocenters. The van der Waals surface area contributed by atoms with Crippen LogP contribution in [0, 0.1) is 0 Å². The number of hydrogen-bond acceptors (Lipinski definition) is 2. The molecule has 0 fully saturated rings. The summed E-state index contributed by atoms with van der Waals surface area (Å²) in [5, 5.41) is 6.39. The summed E-state index contributed by atoms with van der Waals surface area (Å²) in [6.07, 6.45) is 8.91. The maximum Gasteiger partial charge on any atom is 0.0776 e. The molecule has 0 saturated heterocycles. The molecule has 0 spiro atoms. The van der Waals surface area contributed by atoms with E-state index in [1.165, 1.54) is 44.2 Å². The molecule has 208 valence electrons. The molecule has 0 saturated carbocycles. The highest BCUT2D eigenvalue weighted by Crippen LogP contribution is 2.46. The van der Waals surface area contributed by atoms with Gasteiger partial charge >= 0.3 is 0 Å². The zero-order chi connectivity index (χ0) is 29.0. The molecule has 0 bridgehead atoms. The molecule has 2 aliphatic rings. The number of hydrogen-bond donors (Lipinski definition) is 1. The van der Waals surface area contributed by atoms with Crippen molar-refractivity contribution in [3.8, 4) is 39.3 Å². The minimum Gasteiger partial charge on any atom is -0.376 e. The van der Waals surface area contributed by atoms with Crippen molar-refractivity contribution in [3.63, 3.8) is 0 Å². The van der Waals surface area contributed by atoms with Gasteiger partial charge in [0.2, 0.25) is 0 Å². The number of aromatic nitrogens is 2. The molecular weight excluding hydrogens is 534 g/mol. The van der Waals surface area contributed by atoms with Crippen LogP contribution >= 0.6 is 0 Å². The van der Waals surface area contributed by atoms with Gasteiger partial charge in [0.25, 0.3) is 0 Å². The summed E-state index contributed by atoms with van der Waals surface area (Å²) < 4.78 is 2.43. The van der Waals surface area contributed by atoms with E-state index in [4.69, 9.17) is 4.98 Å². The second-order valence-electron chi connectivity index (χ2n) is 11.6. The molecule has 1 N–H and O–H groups in total. The van der Waals surface area contributed by atoms with Gasteiger partial charge in [0.1, 0.15) is 0 Å². The molecule has 44 heavy (non-hydrogen) atoms. The fourth-order valence-corrected chi connectivity index (χ4v) is 7.03. The Labute approximate surface area is 256 Å². The lowest BCUT2D eigenvalue weighted by Gasteiger charge is -2.15. The Kier molecular flexibility index (Phi) is 5.63. The topological polar surface area (TPSA) is 29.9 Å². The Hall–Kier alpha value is -5.67. The number of allylic oxidation sites excluding steroid dienone is 2. The van der Waals surface area contributed by atoms with Crippen LogP contribution in [0.4, 0.5) is 5.69 Å². The number of para-hydroxylation sites is 1. The van der Waals surface area contributed by atoms with E-state index in [1.54, 1.807) is 0 Å². The fraction of sp³-hybridized carbons (Fsp3) is 0.0488. The quantitative estimate of drug-likeness (QED) is 0.231. The van der Waals surface area contributed by atoms with Crippen LogP contribution in [0.25, 0.3) is 61.1 Å². The second kappa shape index (κ2) is 9.96. The Morgan fingerprint density at radius 1 is 0.545 bits per heavy atom. The van der Waals surface area contributed by atoms with Gasteiger partial charge in [-0.3, -0.25) is 0 Å². The van der Waals surface area contributed by atoms with Crippen LogP contribution in [0.3, 0.4) is 0 Å². The van der Waals surface area contributed by atoms with Crippen molar-refractivity contribution in [2.24, 2.45) is 0 Å². The van der Waals surface area contributed by atoms with Crippen molar-refractivity contribution >= 4 is 27.5 Å². The number of fused-ring (bicyclic) bond motifs is 7. The zero-order valence-corrected chi connectivity index (χ0v) is 24.1. The van der Waals surface area contributed by atoms with Gasteiger partial charge in [-0.1, -0.05) is 121 Å². The van der Waals surface area contributed by atoms with Gasteiger partial charge in [0.15, 0.2) is 0 Å². The van der Waals surface area contributed by atoms with Gasteiger partial charge in [0.05, 0.1) is 34.2 Å². The Morgan fingerprint density at radius 2 is 1.25 bits per heavy atom. The maximum atomic E-state index is 5.17. The minimum absolute atomic E-state index is 0.283. The van der Waals surface area contributed by atoms with Crippen LogP contribution < -0.4 is 5.32 Å². The average Bonchev–Trinajstić information content (AvgIpc) is 3.65. The Morgan fingerprint density at radius 3 is 2.14 bits per heavy atom. The molecule has 2 aromatic heterocycles. The first kappa shape index (κ1) is 24.9. The van der Waals surface area contributed by atoms with Crippen molar-refractivity contribution in [1.29, 1.82) is 0 Å². The van der Waals surface area contributed by atoms with Crippen LogP contribution in [0.1, 0.15) is 11.5 Å². The van der Waals surface area contributed by atoms with Gasteiger partial charge in [-0.05, 0) is 53.1 Å². The third-order valence-corrected chi connectivity index (χ3v) is 9.09. The SMILES string of the molecule is C1=CC2Nc3c(ccc4c5ccccc5n(-c5cccc(-c6cccc(-c7cccc(-c8ccccc8)c7)n6)c5)c34)C2C=C1. The minimum atomic E-state index is 0.283. The van der Waals surface area contributed by atoms with Crippen LogP contribution in [0.2, 0.25) is 0 Å². The molecule has 1 aliphatic carbocycles. The third-order valence-electron chi connectivity index (χ3n) is 9.09. The summed E-state index contributed by atoms with van der Waals surface area (Å²) in [6.45, 7) is 0. The van der Waals surface area contributed by atoms with E-state index >= 15 is 0 Å². The lowest BCUT2D eigenvalue weighted by molar-refractivity contribution is 0.805. The molecule has 7 aromatic rings. The monoisotopic (exact) mass is 563 g/mol. The molecule has 2 atom stereocenters. The van der Waals surface area contributed by atoms with E-state index in [2.05, 4.69) is 168 Å². The van der Waals surface area contributed by atoms with E-state index in [0.717, 1.165) is 28.2 Å². The average molecular weight is 564 g/mol. The van der Waals surface area contributed by atoms with Crippen molar-refractivity contribution in [2.75, 3.05) is 5.32 Å². The van der Waals surface area contributed by atoms with Crippen molar-refractivity contribution in [2.45, 2.75) is 12.0 Å². The molecule has 9 rings (SSSR count). The van der Waals surface area contributed by atoms with Crippen molar-refractivity contribution in [1.82, 2.24) is 9.55 Å². The van der Waals surface area contributed by atoms with Crippen molar-refractivity contribution < 1.29 is 0 Å². The summed E-state index contributed by atoms with van der Waals surface area (Å²) >= 11 is 0. The number of benzene rings is 5. The first-order valence-electron chi connectivity index (χ1n) is 15.2. The number of nitrogens with one attached hydrogen (secondary N) is 1. The Bertz CT molecular complexity index is 2270. The number of anilines is 1. The summed E-state index contributed by atoms with van der Waals surface area (Å²) in [5.41, 5.74) is 12.7. The van der Waals surface area contributed by atoms with Gasteiger partial charge in [0, 0.05) is 33.5 Å². The van der Waals surface area contributed by atoms with Gasteiger partial charge in [-0.25, -0.2) is 4.98 Å². The standard InChI is InChI=1S/C41H29N3/c1-2-11-27(12-3-1)28-13-8-14-29(25-28)36-20-10-21-37(42-36)30-15-9-16-31(26-30)44-39-22-7-5-18-33(39)35-24-23-34-32-17-4-6-19-38(32)43-40(34)41(35)44/h1-26,32,38,43H. The molecule has 0 amide bonds. The molecule has 3 heteroatoms. The maximum absolute atomic E-state index is 5.17. The lowest BCUT2D eigenvalue weighted by atomic mass is 9.91. The number of rotatable bonds is 4. The number of pyridine rings is 1.